The molecule has 0 saturated carbocycles. The van der Waals surface area contributed by atoms with Gasteiger partial charge in [0.2, 0.25) is 5.91 Å². The van der Waals surface area contributed by atoms with Crippen molar-refractivity contribution >= 4 is 29.5 Å². The monoisotopic (exact) mass is 395 g/mol. The van der Waals surface area contributed by atoms with Crippen molar-refractivity contribution in [2.75, 3.05) is 32.1 Å². The fourth-order valence-corrected chi connectivity index (χ4v) is 2.31. The lowest BCUT2D eigenvalue weighted by atomic mass is 10.2. The van der Waals surface area contributed by atoms with E-state index in [9.17, 15) is 14.4 Å². The number of hydrogen-bond acceptors (Lipinski definition) is 5. The van der Waals surface area contributed by atoms with Crippen LogP contribution in [0, 0.1) is 0 Å². The Bertz CT molecular complexity index is 846. The number of anilines is 1. The highest BCUT2D eigenvalue weighted by molar-refractivity contribution is 5.93. The third kappa shape index (κ3) is 8.30. The SMILES string of the molecule is CN(C)c1ccc(CNC(=O)COC(=O)CNC(=O)/C=C/c2ccccc2)cc1. The Hall–Kier alpha value is -3.61. The van der Waals surface area contributed by atoms with Gasteiger partial charge in [-0.15, -0.1) is 0 Å². The molecule has 0 atom stereocenters. The van der Waals surface area contributed by atoms with Crippen molar-refractivity contribution in [1.82, 2.24) is 10.6 Å². The molecule has 0 spiro atoms. The second-order valence-electron chi connectivity index (χ2n) is 6.46. The standard InChI is InChI=1S/C22H25N3O4/c1-25(2)19-11-8-18(9-12-19)14-23-21(27)16-29-22(28)15-24-20(26)13-10-17-6-4-3-5-7-17/h3-13H,14-16H2,1-2H3,(H,23,27)(H,24,26)/b13-10+. The number of hydrogen-bond donors (Lipinski definition) is 2. The quantitative estimate of drug-likeness (QED) is 0.499. The van der Waals surface area contributed by atoms with Gasteiger partial charge in [0, 0.05) is 32.4 Å². The molecule has 0 fully saturated rings. The van der Waals surface area contributed by atoms with E-state index in [0.29, 0.717) is 6.54 Å². The van der Waals surface area contributed by atoms with Crippen LogP contribution in [-0.2, 0) is 25.7 Å². The van der Waals surface area contributed by atoms with Gasteiger partial charge < -0.3 is 20.3 Å². The van der Waals surface area contributed by atoms with Gasteiger partial charge in [-0.25, -0.2) is 0 Å². The van der Waals surface area contributed by atoms with Crippen molar-refractivity contribution in [3.8, 4) is 0 Å². The fourth-order valence-electron chi connectivity index (χ4n) is 2.31. The van der Waals surface area contributed by atoms with E-state index in [-0.39, 0.29) is 6.54 Å². The van der Waals surface area contributed by atoms with Gasteiger partial charge >= 0.3 is 5.97 Å². The Morgan fingerprint density at radius 2 is 1.66 bits per heavy atom. The number of ether oxygens (including phenoxy) is 1. The van der Waals surface area contributed by atoms with E-state index in [0.717, 1.165) is 16.8 Å². The summed E-state index contributed by atoms with van der Waals surface area (Å²) >= 11 is 0. The van der Waals surface area contributed by atoms with Crippen LogP contribution in [0.1, 0.15) is 11.1 Å². The van der Waals surface area contributed by atoms with Crippen LogP contribution >= 0.6 is 0 Å². The molecule has 0 saturated heterocycles. The van der Waals surface area contributed by atoms with Gasteiger partial charge in [-0.3, -0.25) is 14.4 Å². The van der Waals surface area contributed by atoms with Gasteiger partial charge in [0.25, 0.3) is 5.91 Å². The van der Waals surface area contributed by atoms with Crippen LogP contribution < -0.4 is 15.5 Å². The third-order valence-corrected chi connectivity index (χ3v) is 3.94. The molecular formula is C22H25N3O4. The Kier molecular flexibility index (Phi) is 8.44. The molecule has 2 rings (SSSR count). The number of nitrogens with zero attached hydrogens (tertiary/aromatic N) is 1. The summed E-state index contributed by atoms with van der Waals surface area (Å²) in [4.78, 5) is 37.1. The molecule has 0 aliphatic heterocycles. The maximum atomic E-state index is 11.8. The Morgan fingerprint density at radius 3 is 2.31 bits per heavy atom. The summed E-state index contributed by atoms with van der Waals surface area (Å²) in [6.45, 7) is -0.368. The minimum absolute atomic E-state index is 0.308. The summed E-state index contributed by atoms with van der Waals surface area (Å²) in [7, 11) is 3.90. The van der Waals surface area contributed by atoms with Crippen molar-refractivity contribution in [2.24, 2.45) is 0 Å². The number of nitrogens with one attached hydrogen (secondary N) is 2. The highest BCUT2D eigenvalue weighted by atomic mass is 16.5. The van der Waals surface area contributed by atoms with Crippen LogP contribution in [0.3, 0.4) is 0 Å². The summed E-state index contributed by atoms with van der Waals surface area (Å²) < 4.78 is 4.86. The van der Waals surface area contributed by atoms with Crippen molar-refractivity contribution in [3.63, 3.8) is 0 Å². The van der Waals surface area contributed by atoms with Crippen molar-refractivity contribution in [1.29, 1.82) is 0 Å². The molecular weight excluding hydrogens is 370 g/mol. The minimum atomic E-state index is -0.683. The summed E-state index contributed by atoms with van der Waals surface area (Å²) in [6.07, 6.45) is 2.97. The molecule has 7 heteroatoms. The van der Waals surface area contributed by atoms with E-state index >= 15 is 0 Å². The lowest BCUT2D eigenvalue weighted by molar-refractivity contribution is -0.148. The second kappa shape index (κ2) is 11.3. The molecule has 0 radical (unpaired) electrons. The van der Waals surface area contributed by atoms with Crippen LogP contribution in [0.4, 0.5) is 5.69 Å². The predicted octanol–water partition coefficient (Wildman–Crippen LogP) is 1.74. The molecule has 7 nitrogen and oxygen atoms in total. The van der Waals surface area contributed by atoms with Gasteiger partial charge in [-0.1, -0.05) is 42.5 Å². The smallest absolute Gasteiger partial charge is 0.325 e. The first-order chi connectivity index (χ1) is 13.9. The zero-order valence-electron chi connectivity index (χ0n) is 16.6. The number of rotatable bonds is 9. The number of esters is 1. The van der Waals surface area contributed by atoms with Gasteiger partial charge in [-0.2, -0.15) is 0 Å². The predicted molar refractivity (Wildman–Crippen MR) is 112 cm³/mol. The molecule has 0 bridgehead atoms. The zero-order chi connectivity index (χ0) is 21.1. The number of benzene rings is 2. The van der Waals surface area contributed by atoms with Gasteiger partial charge in [-0.05, 0) is 29.3 Å². The summed E-state index contributed by atoms with van der Waals surface area (Å²) in [5.74, 6) is -1.52. The number of amides is 2. The fraction of sp³-hybridized carbons (Fsp3) is 0.227. The van der Waals surface area contributed by atoms with Gasteiger partial charge in [0.1, 0.15) is 6.54 Å². The highest BCUT2D eigenvalue weighted by Gasteiger charge is 2.08. The van der Waals surface area contributed by atoms with Crippen molar-refractivity contribution in [2.45, 2.75) is 6.54 Å². The van der Waals surface area contributed by atoms with Gasteiger partial charge in [0.15, 0.2) is 6.61 Å². The lowest BCUT2D eigenvalue weighted by Gasteiger charge is -2.13. The molecule has 2 aromatic rings. The maximum absolute atomic E-state index is 11.8. The second-order valence-corrected chi connectivity index (χ2v) is 6.46. The van der Waals surface area contributed by atoms with Crippen LogP contribution in [0.5, 0.6) is 0 Å². The average molecular weight is 395 g/mol. The van der Waals surface area contributed by atoms with E-state index in [1.807, 2.05) is 73.6 Å². The summed E-state index contributed by atoms with van der Waals surface area (Å²) in [5.41, 5.74) is 2.88. The molecule has 2 N–H and O–H groups in total. The topological polar surface area (TPSA) is 87.7 Å². The molecule has 0 aromatic heterocycles. The van der Waals surface area contributed by atoms with Crippen LogP contribution in [-0.4, -0.2) is 45.0 Å². The normalized spacial score (nSPS) is 10.4. The van der Waals surface area contributed by atoms with Crippen molar-refractivity contribution in [3.05, 3.63) is 71.8 Å². The number of carbonyl (C=O) groups is 3. The maximum Gasteiger partial charge on any atom is 0.325 e. The Labute approximate surface area is 170 Å². The molecule has 2 aromatic carbocycles. The first kappa shape index (κ1) is 21.7. The zero-order valence-corrected chi connectivity index (χ0v) is 16.6. The van der Waals surface area contributed by atoms with Crippen LogP contribution in [0.2, 0.25) is 0 Å². The van der Waals surface area contributed by atoms with E-state index in [2.05, 4.69) is 10.6 Å². The van der Waals surface area contributed by atoms with Crippen molar-refractivity contribution < 1.29 is 19.1 Å². The first-order valence-electron chi connectivity index (χ1n) is 9.13. The van der Waals surface area contributed by atoms with Crippen LogP contribution in [0.25, 0.3) is 6.08 Å². The molecule has 0 heterocycles. The number of carbonyl (C=O) groups excluding carboxylic acids is 3. The van der Waals surface area contributed by atoms with E-state index in [4.69, 9.17) is 4.74 Å². The molecule has 152 valence electrons. The Balaban J connectivity index is 1.63. The molecule has 2 amide bonds. The lowest BCUT2D eigenvalue weighted by Crippen LogP contribution is -2.33. The van der Waals surface area contributed by atoms with E-state index < -0.39 is 24.4 Å². The molecule has 0 unspecified atom stereocenters. The highest BCUT2D eigenvalue weighted by Crippen LogP contribution is 2.11. The summed E-state index contributed by atoms with van der Waals surface area (Å²) in [5, 5.41) is 5.09. The van der Waals surface area contributed by atoms with E-state index in [1.165, 1.54) is 6.08 Å². The van der Waals surface area contributed by atoms with Crippen LogP contribution in [0.15, 0.2) is 60.7 Å². The average Bonchev–Trinajstić information content (AvgIpc) is 2.74. The summed E-state index contributed by atoms with van der Waals surface area (Å²) in [6, 6.07) is 17.1. The van der Waals surface area contributed by atoms with Gasteiger partial charge in [0.05, 0.1) is 0 Å². The minimum Gasteiger partial charge on any atom is -0.454 e. The third-order valence-electron chi connectivity index (χ3n) is 3.94. The first-order valence-corrected chi connectivity index (χ1v) is 9.13. The molecule has 29 heavy (non-hydrogen) atoms. The molecule has 0 aliphatic carbocycles. The molecule has 0 aliphatic rings. The van der Waals surface area contributed by atoms with E-state index in [1.54, 1.807) is 6.08 Å². The largest absolute Gasteiger partial charge is 0.454 e. The Morgan fingerprint density at radius 1 is 0.966 bits per heavy atom.